The molecule has 2 aromatic carbocycles. The standard InChI is InChI=1S/C23H17Cl3F10N2O2/c1-9(19(39)37-8-21(28,29)30)38-20(40)12-3-2-10(4-14(12)23(34,35)36)17(27)7-13(22(31,32)33)11-5-15(24)18(26)16(25)6-11/h2-6,9,13,17H,7-8H2,1H3,(H,37,39)(H,38,40)/t9-,13?,17?/m1/s1. The number of amides is 2. The van der Waals surface area contributed by atoms with E-state index < -0.39 is 83.7 Å². The lowest BCUT2D eigenvalue weighted by molar-refractivity contribution is -0.155. The summed E-state index contributed by atoms with van der Waals surface area (Å²) in [5.41, 5.74) is -4.36. The molecule has 40 heavy (non-hydrogen) atoms. The van der Waals surface area contributed by atoms with Gasteiger partial charge in [0.1, 0.15) is 18.8 Å². The molecule has 0 saturated heterocycles. The topological polar surface area (TPSA) is 58.2 Å². The Balaban J connectivity index is 2.35. The number of nitrogens with one attached hydrogen (secondary N) is 2. The summed E-state index contributed by atoms with van der Waals surface area (Å²) in [5.74, 6) is -5.48. The van der Waals surface area contributed by atoms with Crippen LogP contribution < -0.4 is 10.6 Å². The van der Waals surface area contributed by atoms with Crippen LogP contribution in [0.2, 0.25) is 15.1 Å². The Labute approximate surface area is 234 Å². The maximum Gasteiger partial charge on any atom is 0.417 e. The van der Waals surface area contributed by atoms with Crippen molar-refractivity contribution in [1.82, 2.24) is 10.6 Å². The van der Waals surface area contributed by atoms with Crippen LogP contribution in [0.5, 0.6) is 0 Å². The Morgan fingerprint density at radius 2 is 1.43 bits per heavy atom. The smallest absolute Gasteiger partial charge is 0.345 e. The van der Waals surface area contributed by atoms with E-state index >= 15 is 4.39 Å². The number of benzene rings is 2. The molecule has 2 unspecified atom stereocenters. The lowest BCUT2D eigenvalue weighted by Crippen LogP contribution is -2.47. The van der Waals surface area contributed by atoms with Gasteiger partial charge in [-0.2, -0.15) is 39.5 Å². The Morgan fingerprint density at radius 3 is 1.90 bits per heavy atom. The van der Waals surface area contributed by atoms with E-state index in [1.165, 1.54) is 5.32 Å². The van der Waals surface area contributed by atoms with Gasteiger partial charge in [-0.3, -0.25) is 9.59 Å². The third-order valence-electron chi connectivity index (χ3n) is 5.41. The summed E-state index contributed by atoms with van der Waals surface area (Å²) in [6, 6.07) is 1.11. The molecule has 222 valence electrons. The molecule has 17 heteroatoms. The van der Waals surface area contributed by atoms with Gasteiger partial charge in [0.25, 0.3) is 5.91 Å². The fourth-order valence-electron chi connectivity index (χ4n) is 3.45. The zero-order valence-corrected chi connectivity index (χ0v) is 22.0. The molecule has 3 atom stereocenters. The summed E-state index contributed by atoms with van der Waals surface area (Å²) in [6.45, 7) is -0.866. The molecule has 0 aliphatic carbocycles. The molecule has 0 saturated carbocycles. The first-order valence-electron chi connectivity index (χ1n) is 10.8. The SMILES string of the molecule is C[C@@H](NC(=O)c1ccc(C(F)CC(c2cc(Cl)c(Cl)c(Cl)c2)C(F)(F)F)cc1C(F)(F)F)C(=O)NCC(F)(F)F. The minimum absolute atomic E-state index is 0.128. The van der Waals surface area contributed by atoms with Crippen molar-refractivity contribution in [2.45, 2.75) is 50.0 Å². The van der Waals surface area contributed by atoms with Crippen molar-refractivity contribution in [2.75, 3.05) is 6.54 Å². The van der Waals surface area contributed by atoms with Crippen molar-refractivity contribution in [1.29, 1.82) is 0 Å². The number of halogens is 13. The van der Waals surface area contributed by atoms with Crippen molar-refractivity contribution in [2.24, 2.45) is 0 Å². The molecule has 4 nitrogen and oxygen atoms in total. The maximum atomic E-state index is 15.1. The van der Waals surface area contributed by atoms with Crippen LogP contribution in [0.3, 0.4) is 0 Å². The van der Waals surface area contributed by atoms with Crippen LogP contribution in [0.15, 0.2) is 30.3 Å². The van der Waals surface area contributed by atoms with E-state index in [9.17, 15) is 49.1 Å². The summed E-state index contributed by atoms with van der Waals surface area (Å²) in [6.07, 6.45) is -19.2. The van der Waals surface area contributed by atoms with E-state index in [1.54, 1.807) is 5.32 Å². The fraction of sp³-hybridized carbons (Fsp3) is 0.391. The second-order valence-corrected chi connectivity index (χ2v) is 9.62. The van der Waals surface area contributed by atoms with Crippen molar-refractivity contribution < 1.29 is 53.5 Å². The average Bonchev–Trinajstić information content (AvgIpc) is 2.81. The van der Waals surface area contributed by atoms with E-state index in [2.05, 4.69) is 0 Å². The normalized spacial score (nSPS) is 14.8. The molecule has 0 fully saturated rings. The predicted molar refractivity (Wildman–Crippen MR) is 126 cm³/mol. The first kappa shape index (κ1) is 33.8. The molecule has 2 N–H and O–H groups in total. The average molecular weight is 650 g/mol. The summed E-state index contributed by atoms with van der Waals surface area (Å²) in [7, 11) is 0. The molecule has 0 aromatic heterocycles. The Kier molecular flexibility index (Phi) is 10.6. The van der Waals surface area contributed by atoms with Gasteiger partial charge in [0, 0.05) is 0 Å². The van der Waals surface area contributed by atoms with Crippen LogP contribution in [0, 0.1) is 0 Å². The highest BCUT2D eigenvalue weighted by Gasteiger charge is 2.43. The van der Waals surface area contributed by atoms with E-state index in [0.29, 0.717) is 12.1 Å². The largest absolute Gasteiger partial charge is 0.417 e. The van der Waals surface area contributed by atoms with Gasteiger partial charge >= 0.3 is 18.5 Å². The molecule has 2 amide bonds. The van der Waals surface area contributed by atoms with E-state index in [1.807, 2.05) is 0 Å². The first-order valence-corrected chi connectivity index (χ1v) is 12.0. The Hall–Kier alpha value is -2.45. The highest BCUT2D eigenvalue weighted by atomic mass is 35.5. The lowest BCUT2D eigenvalue weighted by Gasteiger charge is -2.24. The van der Waals surface area contributed by atoms with E-state index in [0.717, 1.165) is 19.1 Å². The molecule has 0 aliphatic rings. The summed E-state index contributed by atoms with van der Waals surface area (Å²) in [5, 5.41) is 2.22. The minimum Gasteiger partial charge on any atom is -0.345 e. The minimum atomic E-state index is -5.31. The highest BCUT2D eigenvalue weighted by molar-refractivity contribution is 6.48. The van der Waals surface area contributed by atoms with Gasteiger partial charge in [0.15, 0.2) is 0 Å². The van der Waals surface area contributed by atoms with Crippen LogP contribution in [-0.2, 0) is 11.0 Å². The number of hydrogen-bond donors (Lipinski definition) is 2. The number of hydrogen-bond acceptors (Lipinski definition) is 2. The molecule has 0 bridgehead atoms. The summed E-state index contributed by atoms with van der Waals surface area (Å²) >= 11 is 17.3. The predicted octanol–water partition coefficient (Wildman–Crippen LogP) is 8.21. The van der Waals surface area contributed by atoms with Crippen LogP contribution in [0.25, 0.3) is 0 Å². The van der Waals surface area contributed by atoms with Crippen molar-refractivity contribution in [3.63, 3.8) is 0 Å². The zero-order chi connectivity index (χ0) is 30.8. The van der Waals surface area contributed by atoms with Gasteiger partial charge < -0.3 is 10.6 Å². The van der Waals surface area contributed by atoms with Crippen molar-refractivity contribution >= 4 is 46.6 Å². The third-order valence-corrected chi connectivity index (χ3v) is 6.60. The zero-order valence-electron chi connectivity index (χ0n) is 19.8. The van der Waals surface area contributed by atoms with Gasteiger partial charge in [0.2, 0.25) is 5.91 Å². The number of carbonyl (C=O) groups excluding carboxylic acids is 2. The molecule has 0 radical (unpaired) electrons. The molecule has 0 aliphatic heterocycles. The maximum absolute atomic E-state index is 15.1. The van der Waals surface area contributed by atoms with Crippen LogP contribution in [0.1, 0.15) is 52.5 Å². The van der Waals surface area contributed by atoms with Crippen molar-refractivity contribution in [3.8, 4) is 0 Å². The first-order chi connectivity index (χ1) is 18.1. The Morgan fingerprint density at radius 1 is 0.875 bits per heavy atom. The fourth-order valence-corrected chi connectivity index (χ4v) is 4.06. The van der Waals surface area contributed by atoms with E-state index in [-0.39, 0.29) is 21.1 Å². The van der Waals surface area contributed by atoms with Crippen LogP contribution in [0.4, 0.5) is 43.9 Å². The summed E-state index contributed by atoms with van der Waals surface area (Å²) < 4.78 is 134. The number of rotatable bonds is 8. The number of carbonyl (C=O) groups is 2. The van der Waals surface area contributed by atoms with Gasteiger partial charge in [-0.1, -0.05) is 40.9 Å². The molecular formula is C23H17Cl3F10N2O2. The third kappa shape index (κ3) is 9.03. The Bertz CT molecular complexity index is 1230. The van der Waals surface area contributed by atoms with Gasteiger partial charge in [-0.05, 0) is 48.7 Å². The monoisotopic (exact) mass is 648 g/mol. The quantitative estimate of drug-likeness (QED) is 0.224. The molecule has 0 spiro atoms. The van der Waals surface area contributed by atoms with Crippen molar-refractivity contribution in [3.05, 3.63) is 67.7 Å². The molecular weight excluding hydrogens is 633 g/mol. The van der Waals surface area contributed by atoms with Crippen LogP contribution in [-0.4, -0.2) is 36.8 Å². The molecule has 2 aromatic rings. The summed E-state index contributed by atoms with van der Waals surface area (Å²) in [4.78, 5) is 24.1. The van der Waals surface area contributed by atoms with Gasteiger partial charge in [-0.15, -0.1) is 0 Å². The molecule has 0 heterocycles. The second-order valence-electron chi connectivity index (χ2n) is 8.43. The molecule has 2 rings (SSSR count). The van der Waals surface area contributed by atoms with E-state index in [4.69, 9.17) is 34.8 Å². The van der Waals surface area contributed by atoms with Gasteiger partial charge in [0.05, 0.1) is 32.1 Å². The van der Waals surface area contributed by atoms with Gasteiger partial charge in [-0.25, -0.2) is 4.39 Å². The van der Waals surface area contributed by atoms with Crippen LogP contribution >= 0.6 is 34.8 Å². The second kappa shape index (κ2) is 12.6. The lowest BCUT2D eigenvalue weighted by atomic mass is 9.89. The number of alkyl halides is 10. The highest BCUT2D eigenvalue weighted by Crippen LogP contribution is 2.45.